The second kappa shape index (κ2) is 5.74. The van der Waals surface area contributed by atoms with E-state index in [-0.39, 0.29) is 22.6 Å². The predicted molar refractivity (Wildman–Crippen MR) is 92.2 cm³/mol. The van der Waals surface area contributed by atoms with Gasteiger partial charge in [0.05, 0.1) is 10.9 Å². The molecule has 0 atom stereocenters. The van der Waals surface area contributed by atoms with Crippen LogP contribution in [0.5, 0.6) is 0 Å². The molecule has 1 aliphatic carbocycles. The minimum absolute atomic E-state index is 0.103. The molecule has 2 fully saturated rings. The summed E-state index contributed by atoms with van der Waals surface area (Å²) in [6.45, 7) is 2.44. The van der Waals surface area contributed by atoms with Crippen LogP contribution in [0.4, 0.5) is 0 Å². The SMILES string of the molecule is CN1CCN(C(=O)c2cc(=O)c3ccccc3o2)C2(CCCC2)C1. The van der Waals surface area contributed by atoms with E-state index in [1.54, 1.807) is 18.2 Å². The van der Waals surface area contributed by atoms with Crippen molar-refractivity contribution in [1.82, 2.24) is 9.80 Å². The van der Waals surface area contributed by atoms with E-state index in [1.807, 2.05) is 11.0 Å². The fourth-order valence-electron chi connectivity index (χ4n) is 4.30. The number of para-hydroxylation sites is 1. The van der Waals surface area contributed by atoms with Gasteiger partial charge in [0.25, 0.3) is 5.91 Å². The number of hydrogen-bond acceptors (Lipinski definition) is 4. The number of benzene rings is 1. The van der Waals surface area contributed by atoms with Gasteiger partial charge >= 0.3 is 0 Å². The first kappa shape index (κ1) is 15.4. The van der Waals surface area contributed by atoms with Crippen molar-refractivity contribution in [2.75, 3.05) is 26.7 Å². The van der Waals surface area contributed by atoms with Gasteiger partial charge in [0.2, 0.25) is 0 Å². The van der Waals surface area contributed by atoms with Crippen LogP contribution in [0.1, 0.15) is 36.2 Å². The Hall–Kier alpha value is -2.14. The van der Waals surface area contributed by atoms with E-state index in [1.165, 1.54) is 6.07 Å². The van der Waals surface area contributed by atoms with Crippen molar-refractivity contribution >= 4 is 16.9 Å². The molecule has 2 aromatic rings. The number of amides is 1. The van der Waals surface area contributed by atoms with Gasteiger partial charge in [-0.25, -0.2) is 0 Å². The Labute approximate surface area is 140 Å². The molecule has 0 bridgehead atoms. The van der Waals surface area contributed by atoms with E-state index in [2.05, 4.69) is 11.9 Å². The van der Waals surface area contributed by atoms with E-state index >= 15 is 0 Å². The molecule has 126 valence electrons. The van der Waals surface area contributed by atoms with Crippen LogP contribution in [0.25, 0.3) is 11.0 Å². The minimum atomic E-state index is -0.158. The molecular weight excluding hydrogens is 304 g/mol. The molecule has 1 aromatic carbocycles. The summed E-state index contributed by atoms with van der Waals surface area (Å²) in [5.74, 6) is 0.0161. The van der Waals surface area contributed by atoms with Crippen LogP contribution in [-0.4, -0.2) is 47.9 Å². The first-order valence-electron chi connectivity index (χ1n) is 8.62. The average molecular weight is 326 g/mol. The summed E-state index contributed by atoms with van der Waals surface area (Å²) in [4.78, 5) is 29.7. The molecule has 2 heterocycles. The molecule has 1 spiro atoms. The Morgan fingerprint density at radius 2 is 1.92 bits per heavy atom. The number of piperazine rings is 1. The van der Waals surface area contributed by atoms with Crippen molar-refractivity contribution in [3.8, 4) is 0 Å². The number of likely N-dealkylation sites (N-methyl/N-ethyl adjacent to an activating group) is 1. The van der Waals surface area contributed by atoms with Crippen molar-refractivity contribution in [2.45, 2.75) is 31.2 Å². The number of nitrogens with zero attached hydrogens (tertiary/aromatic N) is 2. The van der Waals surface area contributed by atoms with Gasteiger partial charge in [-0.1, -0.05) is 25.0 Å². The summed E-state index contributed by atoms with van der Waals surface area (Å²) >= 11 is 0. The standard InChI is InChI=1S/C19H22N2O3/c1-20-10-11-21(19(13-20)8-4-5-9-19)18(23)17-12-15(22)14-6-2-3-7-16(14)24-17/h2-3,6-7,12H,4-5,8-11,13H2,1H3. The highest BCUT2D eigenvalue weighted by Crippen LogP contribution is 2.38. The third-order valence-electron chi connectivity index (χ3n) is 5.47. The van der Waals surface area contributed by atoms with Crippen molar-refractivity contribution in [1.29, 1.82) is 0 Å². The van der Waals surface area contributed by atoms with Gasteiger partial charge in [-0.05, 0) is 32.0 Å². The number of carbonyl (C=O) groups excluding carboxylic acids is 1. The Balaban J connectivity index is 1.74. The lowest BCUT2D eigenvalue weighted by atomic mass is 9.91. The number of carbonyl (C=O) groups is 1. The maximum absolute atomic E-state index is 13.1. The molecule has 5 heteroatoms. The van der Waals surface area contributed by atoms with Crippen LogP contribution in [0.2, 0.25) is 0 Å². The molecule has 1 saturated heterocycles. The van der Waals surface area contributed by atoms with Crippen molar-refractivity contribution in [3.63, 3.8) is 0 Å². The Kier molecular flexibility index (Phi) is 3.68. The zero-order valence-corrected chi connectivity index (χ0v) is 14.0. The molecule has 1 saturated carbocycles. The van der Waals surface area contributed by atoms with Crippen molar-refractivity contribution < 1.29 is 9.21 Å². The van der Waals surface area contributed by atoms with Gasteiger partial charge in [0.1, 0.15) is 5.58 Å². The van der Waals surface area contributed by atoms with Crippen molar-refractivity contribution in [2.24, 2.45) is 0 Å². The lowest BCUT2D eigenvalue weighted by Gasteiger charge is -2.48. The fraction of sp³-hybridized carbons (Fsp3) is 0.474. The zero-order valence-electron chi connectivity index (χ0n) is 14.0. The highest BCUT2D eigenvalue weighted by Gasteiger charge is 2.45. The Bertz CT molecular complexity index is 836. The second-order valence-electron chi connectivity index (χ2n) is 7.10. The lowest BCUT2D eigenvalue weighted by molar-refractivity contribution is 0.0102. The molecule has 0 radical (unpaired) electrons. The van der Waals surface area contributed by atoms with Crippen LogP contribution >= 0.6 is 0 Å². The van der Waals surface area contributed by atoms with Gasteiger partial charge in [-0.2, -0.15) is 0 Å². The first-order chi connectivity index (χ1) is 11.6. The van der Waals surface area contributed by atoms with E-state index in [9.17, 15) is 9.59 Å². The maximum atomic E-state index is 13.1. The van der Waals surface area contributed by atoms with E-state index in [0.717, 1.165) is 38.8 Å². The van der Waals surface area contributed by atoms with E-state index < -0.39 is 0 Å². The monoisotopic (exact) mass is 326 g/mol. The van der Waals surface area contributed by atoms with Crippen LogP contribution in [0.3, 0.4) is 0 Å². The molecular formula is C19H22N2O3. The summed E-state index contributed by atoms with van der Waals surface area (Å²) in [5, 5.41) is 0.517. The van der Waals surface area contributed by atoms with E-state index in [0.29, 0.717) is 17.5 Å². The largest absolute Gasteiger partial charge is 0.451 e. The first-order valence-corrected chi connectivity index (χ1v) is 8.62. The average Bonchev–Trinajstić information content (AvgIpc) is 3.03. The van der Waals surface area contributed by atoms with Gasteiger partial charge < -0.3 is 14.2 Å². The highest BCUT2D eigenvalue weighted by molar-refractivity contribution is 5.93. The molecule has 0 N–H and O–H groups in total. The molecule has 2 aliphatic rings. The summed E-state index contributed by atoms with van der Waals surface area (Å²) in [6.07, 6.45) is 4.36. The van der Waals surface area contributed by atoms with Crippen LogP contribution < -0.4 is 5.43 Å². The Morgan fingerprint density at radius 3 is 2.71 bits per heavy atom. The third kappa shape index (κ3) is 2.44. The fourth-order valence-corrected chi connectivity index (χ4v) is 4.30. The number of rotatable bonds is 1. The van der Waals surface area contributed by atoms with Gasteiger partial charge in [0, 0.05) is 25.7 Å². The van der Waals surface area contributed by atoms with Crippen LogP contribution in [0, 0.1) is 0 Å². The van der Waals surface area contributed by atoms with Gasteiger partial charge in [-0.15, -0.1) is 0 Å². The quantitative estimate of drug-likeness (QED) is 0.808. The predicted octanol–water partition coefficient (Wildman–Crippen LogP) is 2.49. The normalized spacial score (nSPS) is 20.8. The Morgan fingerprint density at radius 1 is 1.17 bits per heavy atom. The topological polar surface area (TPSA) is 53.8 Å². The molecule has 1 aliphatic heterocycles. The third-order valence-corrected chi connectivity index (χ3v) is 5.47. The van der Waals surface area contributed by atoms with Gasteiger partial charge in [0.15, 0.2) is 11.2 Å². The molecule has 1 amide bonds. The summed E-state index contributed by atoms with van der Waals surface area (Å²) in [7, 11) is 2.11. The van der Waals surface area contributed by atoms with Gasteiger partial charge in [-0.3, -0.25) is 9.59 Å². The molecule has 0 unspecified atom stereocenters. The smallest absolute Gasteiger partial charge is 0.290 e. The highest BCUT2D eigenvalue weighted by atomic mass is 16.3. The molecule has 4 rings (SSSR count). The number of hydrogen-bond donors (Lipinski definition) is 0. The zero-order chi connectivity index (χ0) is 16.7. The lowest BCUT2D eigenvalue weighted by Crippen LogP contribution is -2.62. The summed E-state index contributed by atoms with van der Waals surface area (Å²) in [5.41, 5.74) is 0.214. The summed E-state index contributed by atoms with van der Waals surface area (Å²) < 4.78 is 5.78. The van der Waals surface area contributed by atoms with Crippen molar-refractivity contribution in [3.05, 3.63) is 46.3 Å². The number of fused-ring (bicyclic) bond motifs is 1. The second-order valence-corrected chi connectivity index (χ2v) is 7.10. The summed E-state index contributed by atoms with van der Waals surface area (Å²) in [6, 6.07) is 8.43. The minimum Gasteiger partial charge on any atom is -0.451 e. The maximum Gasteiger partial charge on any atom is 0.290 e. The molecule has 24 heavy (non-hydrogen) atoms. The molecule has 5 nitrogen and oxygen atoms in total. The molecule has 1 aromatic heterocycles. The van der Waals surface area contributed by atoms with Crippen LogP contribution in [0.15, 0.2) is 39.5 Å². The van der Waals surface area contributed by atoms with Crippen LogP contribution in [-0.2, 0) is 0 Å². The van der Waals surface area contributed by atoms with E-state index in [4.69, 9.17) is 4.42 Å².